The first-order chi connectivity index (χ1) is 12.7. The van der Waals surface area contributed by atoms with E-state index in [9.17, 15) is 13.2 Å². The minimum atomic E-state index is -3.56. The number of hydrogen-bond acceptors (Lipinski definition) is 3. The standard InChI is InChI=1S/C21H34N2O3S/c1-16(2)14-23(15-17(3)4)27(25,26)20-12-10-18(11-13-20)21(24)22-19-8-6-5-7-9-19/h10-13,16-17,19H,5-9,14-15H2,1-4H3,(H,22,24). The van der Waals surface area contributed by atoms with Crippen LogP contribution in [0.4, 0.5) is 0 Å². The van der Waals surface area contributed by atoms with E-state index < -0.39 is 10.0 Å². The normalized spacial score (nSPS) is 16.3. The molecule has 0 atom stereocenters. The molecule has 0 aliphatic heterocycles. The molecule has 27 heavy (non-hydrogen) atoms. The van der Waals surface area contributed by atoms with Gasteiger partial charge in [0.15, 0.2) is 0 Å². The zero-order valence-corrected chi connectivity index (χ0v) is 17.9. The van der Waals surface area contributed by atoms with E-state index in [4.69, 9.17) is 0 Å². The molecule has 0 spiro atoms. The first kappa shape index (κ1) is 21.9. The molecule has 1 aliphatic rings. The van der Waals surface area contributed by atoms with E-state index in [1.165, 1.54) is 6.42 Å². The fourth-order valence-corrected chi connectivity index (χ4v) is 5.30. The molecular formula is C21H34N2O3S. The Morgan fingerprint density at radius 1 is 1.00 bits per heavy atom. The highest BCUT2D eigenvalue weighted by Gasteiger charge is 2.26. The number of amides is 1. The third kappa shape index (κ3) is 6.32. The van der Waals surface area contributed by atoms with E-state index in [2.05, 4.69) is 5.32 Å². The lowest BCUT2D eigenvalue weighted by Gasteiger charge is -2.26. The van der Waals surface area contributed by atoms with Crippen molar-refractivity contribution >= 4 is 15.9 Å². The topological polar surface area (TPSA) is 66.5 Å². The second kappa shape index (κ2) is 9.69. The minimum Gasteiger partial charge on any atom is -0.349 e. The van der Waals surface area contributed by atoms with E-state index in [0.29, 0.717) is 18.7 Å². The smallest absolute Gasteiger partial charge is 0.251 e. The van der Waals surface area contributed by atoms with E-state index in [0.717, 1.165) is 25.7 Å². The summed E-state index contributed by atoms with van der Waals surface area (Å²) in [6.45, 7) is 9.04. The number of sulfonamides is 1. The van der Waals surface area contributed by atoms with Crippen LogP contribution in [-0.4, -0.2) is 37.8 Å². The van der Waals surface area contributed by atoms with Gasteiger partial charge in [0, 0.05) is 24.7 Å². The molecule has 1 N–H and O–H groups in total. The Morgan fingerprint density at radius 2 is 1.52 bits per heavy atom. The van der Waals surface area contributed by atoms with Gasteiger partial charge < -0.3 is 5.32 Å². The van der Waals surface area contributed by atoms with Crippen LogP contribution >= 0.6 is 0 Å². The molecule has 6 heteroatoms. The molecule has 0 bridgehead atoms. The lowest BCUT2D eigenvalue weighted by atomic mass is 9.95. The molecule has 0 aromatic heterocycles. The van der Waals surface area contributed by atoms with Gasteiger partial charge in [-0.05, 0) is 48.9 Å². The van der Waals surface area contributed by atoms with Crippen molar-refractivity contribution in [3.63, 3.8) is 0 Å². The van der Waals surface area contributed by atoms with Crippen molar-refractivity contribution in [2.24, 2.45) is 11.8 Å². The third-order valence-electron chi connectivity index (χ3n) is 4.83. The maximum Gasteiger partial charge on any atom is 0.251 e. The molecule has 0 unspecified atom stereocenters. The molecule has 1 saturated carbocycles. The highest BCUT2D eigenvalue weighted by molar-refractivity contribution is 7.89. The number of benzene rings is 1. The summed E-state index contributed by atoms with van der Waals surface area (Å²) in [6, 6.07) is 6.58. The molecule has 152 valence electrons. The molecule has 2 rings (SSSR count). The monoisotopic (exact) mass is 394 g/mol. The van der Waals surface area contributed by atoms with Crippen molar-refractivity contribution < 1.29 is 13.2 Å². The Morgan fingerprint density at radius 3 is 2.00 bits per heavy atom. The van der Waals surface area contributed by atoms with E-state index >= 15 is 0 Å². The van der Waals surface area contributed by atoms with Crippen molar-refractivity contribution in [3.8, 4) is 0 Å². The van der Waals surface area contributed by atoms with Crippen molar-refractivity contribution in [2.75, 3.05) is 13.1 Å². The lowest BCUT2D eigenvalue weighted by Crippen LogP contribution is -2.37. The van der Waals surface area contributed by atoms with E-state index in [-0.39, 0.29) is 28.7 Å². The quantitative estimate of drug-likeness (QED) is 0.723. The van der Waals surface area contributed by atoms with Crippen molar-refractivity contribution in [2.45, 2.75) is 70.7 Å². The van der Waals surface area contributed by atoms with Crippen LogP contribution in [0.5, 0.6) is 0 Å². The van der Waals surface area contributed by atoms with Gasteiger partial charge in [-0.1, -0.05) is 47.0 Å². The van der Waals surface area contributed by atoms with Crippen molar-refractivity contribution in [1.82, 2.24) is 9.62 Å². The van der Waals surface area contributed by atoms with Crippen LogP contribution in [0.2, 0.25) is 0 Å². The number of nitrogens with zero attached hydrogens (tertiary/aromatic N) is 1. The number of hydrogen-bond donors (Lipinski definition) is 1. The maximum absolute atomic E-state index is 13.0. The molecule has 0 radical (unpaired) electrons. The number of nitrogens with one attached hydrogen (secondary N) is 1. The largest absolute Gasteiger partial charge is 0.349 e. The van der Waals surface area contributed by atoms with Crippen LogP contribution in [0.25, 0.3) is 0 Å². The van der Waals surface area contributed by atoms with Gasteiger partial charge in [-0.2, -0.15) is 4.31 Å². The molecule has 1 aromatic rings. The molecule has 1 aliphatic carbocycles. The van der Waals surface area contributed by atoms with Gasteiger partial charge in [-0.3, -0.25) is 4.79 Å². The third-order valence-corrected chi connectivity index (χ3v) is 6.68. The van der Waals surface area contributed by atoms with Crippen LogP contribution in [-0.2, 0) is 10.0 Å². The van der Waals surface area contributed by atoms with Crippen molar-refractivity contribution in [3.05, 3.63) is 29.8 Å². The summed E-state index contributed by atoms with van der Waals surface area (Å²) in [7, 11) is -3.56. The molecule has 0 saturated heterocycles. The summed E-state index contributed by atoms with van der Waals surface area (Å²) < 4.78 is 27.6. The molecule has 5 nitrogen and oxygen atoms in total. The Bertz CT molecular complexity index is 695. The minimum absolute atomic E-state index is 0.118. The first-order valence-corrected chi connectivity index (χ1v) is 11.5. The van der Waals surface area contributed by atoms with Gasteiger partial charge in [-0.25, -0.2) is 8.42 Å². The van der Waals surface area contributed by atoms with Crippen LogP contribution in [0.3, 0.4) is 0 Å². The zero-order chi connectivity index (χ0) is 20.0. The van der Waals surface area contributed by atoms with Gasteiger partial charge in [0.2, 0.25) is 10.0 Å². The molecule has 1 amide bonds. The lowest BCUT2D eigenvalue weighted by molar-refractivity contribution is 0.0927. The van der Waals surface area contributed by atoms with Crippen LogP contribution in [0.1, 0.15) is 70.2 Å². The number of rotatable bonds is 8. The molecule has 0 heterocycles. The fourth-order valence-electron chi connectivity index (χ4n) is 3.53. The average molecular weight is 395 g/mol. The Hall–Kier alpha value is -1.40. The van der Waals surface area contributed by atoms with Gasteiger partial charge in [0.25, 0.3) is 5.91 Å². The summed E-state index contributed by atoms with van der Waals surface area (Å²) >= 11 is 0. The number of carbonyl (C=O) groups is 1. The van der Waals surface area contributed by atoms with Gasteiger partial charge in [0.05, 0.1) is 4.90 Å². The second-order valence-electron chi connectivity index (χ2n) is 8.44. The summed E-state index contributed by atoms with van der Waals surface area (Å²) in [6.07, 6.45) is 5.60. The Labute approximate surface area is 164 Å². The Kier molecular flexibility index (Phi) is 7.86. The van der Waals surface area contributed by atoms with E-state index in [1.54, 1.807) is 28.6 Å². The highest BCUT2D eigenvalue weighted by Crippen LogP contribution is 2.21. The van der Waals surface area contributed by atoms with E-state index in [1.807, 2.05) is 27.7 Å². The van der Waals surface area contributed by atoms with Crippen LogP contribution in [0.15, 0.2) is 29.2 Å². The highest BCUT2D eigenvalue weighted by atomic mass is 32.2. The predicted octanol–water partition coefficient (Wildman–Crippen LogP) is 4.05. The zero-order valence-electron chi connectivity index (χ0n) is 17.1. The van der Waals surface area contributed by atoms with Crippen LogP contribution in [0, 0.1) is 11.8 Å². The Balaban J connectivity index is 2.12. The first-order valence-electron chi connectivity index (χ1n) is 10.1. The molecule has 1 aromatic carbocycles. The maximum atomic E-state index is 13.0. The summed E-state index contributed by atoms with van der Waals surface area (Å²) in [5.74, 6) is 0.380. The van der Waals surface area contributed by atoms with Crippen LogP contribution < -0.4 is 5.32 Å². The van der Waals surface area contributed by atoms with Crippen molar-refractivity contribution in [1.29, 1.82) is 0 Å². The average Bonchev–Trinajstić information content (AvgIpc) is 2.61. The van der Waals surface area contributed by atoms with Gasteiger partial charge in [0.1, 0.15) is 0 Å². The molecule has 1 fully saturated rings. The molecular weight excluding hydrogens is 360 g/mol. The summed E-state index contributed by atoms with van der Waals surface area (Å²) in [4.78, 5) is 12.7. The summed E-state index contributed by atoms with van der Waals surface area (Å²) in [5.41, 5.74) is 0.513. The fraction of sp³-hybridized carbons (Fsp3) is 0.667. The SMILES string of the molecule is CC(C)CN(CC(C)C)S(=O)(=O)c1ccc(C(=O)NC2CCCCC2)cc1. The predicted molar refractivity (Wildman–Crippen MR) is 109 cm³/mol. The van der Waals surface area contributed by atoms with Gasteiger partial charge >= 0.3 is 0 Å². The van der Waals surface area contributed by atoms with Gasteiger partial charge in [-0.15, -0.1) is 0 Å². The number of carbonyl (C=O) groups excluding carboxylic acids is 1. The second-order valence-corrected chi connectivity index (χ2v) is 10.4. The summed E-state index contributed by atoms with van der Waals surface area (Å²) in [5, 5.41) is 3.07.